The number of ketones is 4. The summed E-state index contributed by atoms with van der Waals surface area (Å²) < 4.78 is 0. The van der Waals surface area contributed by atoms with Gasteiger partial charge in [-0.25, -0.2) is 0 Å². The quantitative estimate of drug-likeness (QED) is 0.134. The van der Waals surface area contributed by atoms with Crippen LogP contribution < -0.4 is 0 Å². The van der Waals surface area contributed by atoms with Gasteiger partial charge in [0.2, 0.25) is 0 Å². The Hall–Kier alpha value is -5.22. The molecule has 0 unspecified atom stereocenters. The second kappa shape index (κ2) is 31.2. The Morgan fingerprint density at radius 2 is 0.709 bits per heavy atom. The molecule has 4 nitrogen and oxygen atoms in total. The minimum atomic E-state index is -0.276. The van der Waals surface area contributed by atoms with Gasteiger partial charge in [0, 0.05) is 47.8 Å². The standard InChI is InChI=1S/C11H14O.C10H12O.C9H10O.C9H18O.2C6H6/c1-11(2,3)10(12)9-7-5-4-6-8-9;1-2-6-10(11)9-7-4-3-5-8-9;1-2-9(10)8-6-4-3-5-7-8;1-7(2)5-9(10)6-8(3)4;2*1-2-4-6-5-3-1/h4-8H,1-3H3;3-5,7-8H,2,6H2,1H3;3-7H,2H2,1H3;7-8H,5-6H2,1-4H3;2*1-6H. The van der Waals surface area contributed by atoms with Gasteiger partial charge in [-0.15, -0.1) is 0 Å². The smallest absolute Gasteiger partial charge is 0.168 e. The minimum absolute atomic E-state index is 0.197. The lowest BCUT2D eigenvalue weighted by atomic mass is 9.87. The van der Waals surface area contributed by atoms with Crippen LogP contribution in [0.25, 0.3) is 0 Å². The summed E-state index contributed by atoms with van der Waals surface area (Å²) in [6.45, 7) is 18.0. The van der Waals surface area contributed by atoms with E-state index in [-0.39, 0.29) is 22.8 Å². The molecular weight excluding hydrogens is 677 g/mol. The molecule has 0 N–H and O–H groups in total. The molecule has 0 spiro atoms. The van der Waals surface area contributed by atoms with Crippen LogP contribution in [-0.4, -0.2) is 23.1 Å². The zero-order valence-corrected chi connectivity index (χ0v) is 34.9. The fourth-order valence-electron chi connectivity index (χ4n) is 4.61. The first-order valence-corrected chi connectivity index (χ1v) is 19.5. The third-order valence-corrected chi connectivity index (χ3v) is 7.31. The van der Waals surface area contributed by atoms with Gasteiger partial charge in [-0.2, -0.15) is 0 Å². The molecule has 5 aromatic rings. The summed E-state index contributed by atoms with van der Waals surface area (Å²) in [5.74, 6) is 2.10. The maximum Gasteiger partial charge on any atom is 0.168 e. The van der Waals surface area contributed by atoms with Crippen LogP contribution in [0, 0.1) is 17.3 Å². The lowest BCUT2D eigenvalue weighted by Gasteiger charge is -2.16. The van der Waals surface area contributed by atoms with E-state index in [1.165, 1.54) is 0 Å². The molecular formula is C51H66O4. The highest BCUT2D eigenvalue weighted by atomic mass is 16.1. The topological polar surface area (TPSA) is 68.3 Å². The van der Waals surface area contributed by atoms with E-state index in [0.29, 0.717) is 30.5 Å². The van der Waals surface area contributed by atoms with E-state index in [1.807, 2.05) is 198 Å². The molecule has 0 aromatic heterocycles. The number of benzene rings is 5. The summed E-state index contributed by atoms with van der Waals surface area (Å²) in [7, 11) is 0. The molecule has 0 saturated carbocycles. The van der Waals surface area contributed by atoms with Gasteiger partial charge in [-0.1, -0.05) is 226 Å². The first kappa shape index (κ1) is 49.8. The fourth-order valence-corrected chi connectivity index (χ4v) is 4.61. The number of rotatable bonds is 10. The van der Waals surface area contributed by atoms with E-state index < -0.39 is 0 Å². The van der Waals surface area contributed by atoms with Crippen LogP contribution in [0.5, 0.6) is 0 Å². The van der Waals surface area contributed by atoms with E-state index in [1.54, 1.807) is 0 Å². The largest absolute Gasteiger partial charge is 0.300 e. The Balaban J connectivity index is 0.000000646. The van der Waals surface area contributed by atoms with Gasteiger partial charge in [0.25, 0.3) is 0 Å². The maximum atomic E-state index is 11.7. The molecule has 5 rings (SSSR count). The van der Waals surface area contributed by atoms with E-state index in [9.17, 15) is 19.2 Å². The average Bonchev–Trinajstić information content (AvgIpc) is 3.20. The molecule has 0 saturated heterocycles. The van der Waals surface area contributed by atoms with Crippen molar-refractivity contribution in [3.05, 3.63) is 180 Å². The van der Waals surface area contributed by atoms with Crippen molar-refractivity contribution < 1.29 is 19.2 Å². The normalized spacial score (nSPS) is 9.80. The van der Waals surface area contributed by atoms with Crippen LogP contribution >= 0.6 is 0 Å². The van der Waals surface area contributed by atoms with Crippen LogP contribution in [0.4, 0.5) is 0 Å². The van der Waals surface area contributed by atoms with Gasteiger partial charge in [-0.05, 0) is 18.3 Å². The van der Waals surface area contributed by atoms with E-state index >= 15 is 0 Å². The summed E-state index contributed by atoms with van der Waals surface area (Å²) in [4.78, 5) is 45.0. The number of hydrogen-bond donors (Lipinski definition) is 0. The third kappa shape index (κ3) is 28.0. The Labute approximate surface area is 333 Å². The molecule has 5 aromatic carbocycles. The highest BCUT2D eigenvalue weighted by Crippen LogP contribution is 2.20. The van der Waals surface area contributed by atoms with Crippen LogP contribution in [0.1, 0.15) is 125 Å². The SMILES string of the molecule is CC(C)(C)C(=O)c1ccccc1.CC(C)CC(=O)CC(C)C.CCC(=O)c1ccccc1.CCCC(=O)c1ccccc1.c1ccccc1.c1ccccc1. The Bertz CT molecular complexity index is 1560. The molecule has 0 amide bonds. The predicted molar refractivity (Wildman–Crippen MR) is 234 cm³/mol. The lowest BCUT2D eigenvalue weighted by Crippen LogP contribution is -2.19. The van der Waals surface area contributed by atoms with Crippen molar-refractivity contribution in [1.82, 2.24) is 0 Å². The average molecular weight is 743 g/mol. The summed E-state index contributed by atoms with van der Waals surface area (Å²) in [5.41, 5.74) is 2.16. The van der Waals surface area contributed by atoms with Crippen molar-refractivity contribution in [3.63, 3.8) is 0 Å². The van der Waals surface area contributed by atoms with Crippen molar-refractivity contribution >= 4 is 23.1 Å². The molecule has 0 bridgehead atoms. The molecule has 0 heterocycles. The van der Waals surface area contributed by atoms with Crippen LogP contribution in [0.3, 0.4) is 0 Å². The van der Waals surface area contributed by atoms with Gasteiger partial charge < -0.3 is 0 Å². The van der Waals surface area contributed by atoms with E-state index in [0.717, 1.165) is 36.0 Å². The molecule has 0 atom stereocenters. The fraction of sp³-hybridized carbons (Fsp3) is 0.333. The van der Waals surface area contributed by atoms with Crippen molar-refractivity contribution in [3.8, 4) is 0 Å². The zero-order chi connectivity index (χ0) is 41.3. The highest BCUT2D eigenvalue weighted by Gasteiger charge is 2.22. The Kier molecular flexibility index (Phi) is 28.2. The monoisotopic (exact) mass is 742 g/mol. The zero-order valence-electron chi connectivity index (χ0n) is 34.9. The van der Waals surface area contributed by atoms with Gasteiger partial charge in [0.05, 0.1) is 0 Å². The molecule has 55 heavy (non-hydrogen) atoms. The highest BCUT2D eigenvalue weighted by molar-refractivity contribution is 5.99. The third-order valence-electron chi connectivity index (χ3n) is 7.31. The lowest BCUT2D eigenvalue weighted by molar-refractivity contribution is -0.120. The number of hydrogen-bond acceptors (Lipinski definition) is 4. The number of carbonyl (C=O) groups excluding carboxylic acids is 4. The minimum Gasteiger partial charge on any atom is -0.300 e. The molecule has 0 aliphatic rings. The molecule has 294 valence electrons. The summed E-state index contributed by atoms with van der Waals surface area (Å²) in [6, 6.07) is 52.2. The Morgan fingerprint density at radius 1 is 0.436 bits per heavy atom. The first-order valence-electron chi connectivity index (χ1n) is 19.5. The molecule has 0 radical (unpaired) electrons. The number of carbonyl (C=O) groups is 4. The molecule has 4 heteroatoms. The Morgan fingerprint density at radius 3 is 0.964 bits per heavy atom. The molecule has 0 aliphatic heterocycles. The van der Waals surface area contributed by atoms with Crippen molar-refractivity contribution in [2.24, 2.45) is 17.3 Å². The van der Waals surface area contributed by atoms with E-state index in [4.69, 9.17) is 0 Å². The summed E-state index contributed by atoms with van der Waals surface area (Å²) in [6.07, 6.45) is 3.66. The van der Waals surface area contributed by atoms with Gasteiger partial charge in [0.15, 0.2) is 17.3 Å². The maximum absolute atomic E-state index is 11.7. The molecule has 0 aliphatic carbocycles. The van der Waals surface area contributed by atoms with Crippen LogP contribution in [0.2, 0.25) is 0 Å². The van der Waals surface area contributed by atoms with Gasteiger partial charge >= 0.3 is 0 Å². The predicted octanol–water partition coefficient (Wildman–Crippen LogP) is 13.9. The van der Waals surface area contributed by atoms with E-state index in [2.05, 4.69) is 27.7 Å². The summed E-state index contributed by atoms with van der Waals surface area (Å²) in [5, 5.41) is 0. The summed E-state index contributed by atoms with van der Waals surface area (Å²) >= 11 is 0. The van der Waals surface area contributed by atoms with Gasteiger partial charge in [0.1, 0.15) is 5.78 Å². The first-order chi connectivity index (χ1) is 26.2. The second-order valence-electron chi connectivity index (χ2n) is 14.7. The second-order valence-corrected chi connectivity index (χ2v) is 14.7. The van der Waals surface area contributed by atoms with Crippen molar-refractivity contribution in [2.45, 2.75) is 94.4 Å². The van der Waals surface area contributed by atoms with Crippen LogP contribution in [-0.2, 0) is 4.79 Å². The van der Waals surface area contributed by atoms with Gasteiger partial charge in [-0.3, -0.25) is 19.2 Å². The van der Waals surface area contributed by atoms with Crippen LogP contribution in [0.15, 0.2) is 164 Å². The van der Waals surface area contributed by atoms with Crippen molar-refractivity contribution in [1.29, 1.82) is 0 Å². The number of Topliss-reactive ketones (excluding diaryl/α,β-unsaturated/α-hetero) is 4. The van der Waals surface area contributed by atoms with Crippen molar-refractivity contribution in [2.75, 3.05) is 0 Å². The molecule has 0 fully saturated rings.